The minimum atomic E-state index is -0.877. The molecular weight excluding hydrogens is 556 g/mol. The van der Waals surface area contributed by atoms with Crippen molar-refractivity contribution in [3.63, 3.8) is 0 Å². The van der Waals surface area contributed by atoms with Crippen LogP contribution in [0.1, 0.15) is 23.4 Å². The smallest absolute Gasteiger partial charge is 0.328 e. The number of carbonyl (C=O) groups excluding carboxylic acids is 1. The van der Waals surface area contributed by atoms with Crippen LogP contribution in [-0.4, -0.2) is 97.6 Å². The van der Waals surface area contributed by atoms with E-state index in [1.54, 1.807) is 12.1 Å². The minimum absolute atomic E-state index is 0.0415. The van der Waals surface area contributed by atoms with E-state index in [0.717, 1.165) is 5.56 Å². The molecule has 1 fully saturated rings. The molecule has 0 saturated carbocycles. The van der Waals surface area contributed by atoms with Crippen molar-refractivity contribution in [2.45, 2.75) is 31.3 Å². The maximum absolute atomic E-state index is 12.4. The Labute approximate surface area is 247 Å². The third-order valence-electron chi connectivity index (χ3n) is 5.85. The fourth-order valence-electron chi connectivity index (χ4n) is 3.69. The Morgan fingerprint density at radius 2 is 1.46 bits per heavy atom. The second kappa shape index (κ2) is 20.6. The van der Waals surface area contributed by atoms with E-state index < -0.39 is 17.6 Å². The van der Waals surface area contributed by atoms with Crippen molar-refractivity contribution in [3.05, 3.63) is 65.7 Å². The third-order valence-corrected chi connectivity index (χ3v) is 6.28. The molecule has 2 aromatic carbocycles. The number of alkyl halides is 1. The van der Waals surface area contributed by atoms with Gasteiger partial charge in [-0.25, -0.2) is 0 Å². The predicted octanol–water partition coefficient (Wildman–Crippen LogP) is 3.93. The summed E-state index contributed by atoms with van der Waals surface area (Å²) >= 11 is 6.26. The summed E-state index contributed by atoms with van der Waals surface area (Å²) in [5, 5.41) is -0.877. The molecule has 0 spiro atoms. The molecule has 0 radical (unpaired) electrons. The van der Waals surface area contributed by atoms with Gasteiger partial charge in [-0.3, -0.25) is 4.79 Å². The summed E-state index contributed by atoms with van der Waals surface area (Å²) in [5.41, 5.74) is 1.41. The van der Waals surface area contributed by atoms with Crippen molar-refractivity contribution in [3.8, 4) is 5.75 Å². The molecule has 2 aromatic rings. The zero-order valence-corrected chi connectivity index (χ0v) is 24.3. The van der Waals surface area contributed by atoms with Crippen LogP contribution in [0.5, 0.6) is 5.75 Å². The van der Waals surface area contributed by atoms with E-state index >= 15 is 0 Å². The standard InChI is InChI=1S/C30H41ClO10/c1-24(40-23-27-22-36-16-15-34-12-11-33-13-14-35-17-18-38-27)37-19-20-39-28-10-6-5-9-26(28)21-41-30(32)29(31)25-7-3-2-4-8-25/h2-10,24,27,29H,11-23H2,1H3. The highest BCUT2D eigenvalue weighted by molar-refractivity contribution is 6.29. The van der Waals surface area contributed by atoms with Crippen LogP contribution in [0.3, 0.4) is 0 Å². The Kier molecular flexibility index (Phi) is 16.7. The molecule has 1 aliphatic rings. The number of carbonyl (C=O) groups is 1. The van der Waals surface area contributed by atoms with Crippen molar-refractivity contribution < 1.29 is 47.4 Å². The topological polar surface area (TPSA) is 100 Å². The molecule has 0 amide bonds. The maximum Gasteiger partial charge on any atom is 0.328 e. The lowest BCUT2D eigenvalue weighted by Gasteiger charge is -2.21. The molecular formula is C30H41ClO10. The monoisotopic (exact) mass is 596 g/mol. The van der Waals surface area contributed by atoms with Crippen LogP contribution in [0.15, 0.2) is 54.6 Å². The predicted molar refractivity (Wildman–Crippen MR) is 151 cm³/mol. The van der Waals surface area contributed by atoms with E-state index in [-0.39, 0.29) is 19.3 Å². The van der Waals surface area contributed by atoms with Gasteiger partial charge in [-0.2, -0.15) is 0 Å². The summed E-state index contributed by atoms with van der Waals surface area (Å²) in [7, 11) is 0. The Balaban J connectivity index is 1.34. The van der Waals surface area contributed by atoms with Gasteiger partial charge >= 0.3 is 5.97 Å². The van der Waals surface area contributed by atoms with E-state index in [0.29, 0.717) is 84.0 Å². The van der Waals surface area contributed by atoms with Gasteiger partial charge in [-0.15, -0.1) is 11.6 Å². The van der Waals surface area contributed by atoms with Gasteiger partial charge in [-0.1, -0.05) is 48.5 Å². The first-order chi connectivity index (χ1) is 20.1. The van der Waals surface area contributed by atoms with Gasteiger partial charge in [0.1, 0.15) is 25.1 Å². The number of halogens is 1. The molecule has 41 heavy (non-hydrogen) atoms. The summed E-state index contributed by atoms with van der Waals surface area (Å²) in [6.45, 7) is 7.00. The van der Waals surface area contributed by atoms with Crippen LogP contribution in [-0.2, 0) is 49.3 Å². The van der Waals surface area contributed by atoms with E-state index in [9.17, 15) is 4.79 Å². The van der Waals surface area contributed by atoms with Crippen molar-refractivity contribution in [1.29, 1.82) is 0 Å². The highest BCUT2D eigenvalue weighted by atomic mass is 35.5. The molecule has 1 aliphatic heterocycles. The summed E-state index contributed by atoms with van der Waals surface area (Å²) in [6, 6.07) is 16.4. The molecule has 1 heterocycles. The molecule has 3 atom stereocenters. The highest BCUT2D eigenvalue weighted by Gasteiger charge is 2.20. The summed E-state index contributed by atoms with van der Waals surface area (Å²) < 4.78 is 50.8. The normalized spacial score (nSPS) is 19.3. The maximum atomic E-state index is 12.4. The van der Waals surface area contributed by atoms with Crippen molar-refractivity contribution in [2.24, 2.45) is 0 Å². The lowest BCUT2D eigenvalue weighted by Crippen LogP contribution is -2.30. The van der Waals surface area contributed by atoms with Crippen molar-refractivity contribution in [1.82, 2.24) is 0 Å². The number of ether oxygens (including phenoxy) is 9. The zero-order chi connectivity index (χ0) is 29.0. The second-order valence-corrected chi connectivity index (χ2v) is 9.45. The average molecular weight is 597 g/mol. The SMILES string of the molecule is CC(OCCOc1ccccc1COC(=O)C(Cl)c1ccccc1)OCC1COCCOCCOCCOCCO1. The van der Waals surface area contributed by atoms with E-state index in [2.05, 4.69) is 0 Å². The van der Waals surface area contributed by atoms with Crippen molar-refractivity contribution in [2.75, 3.05) is 79.3 Å². The number of benzene rings is 2. The summed E-state index contributed by atoms with van der Waals surface area (Å²) in [5.74, 6) is 0.0804. The number of esters is 1. The van der Waals surface area contributed by atoms with Crippen LogP contribution in [0.4, 0.5) is 0 Å². The Morgan fingerprint density at radius 1 is 0.829 bits per heavy atom. The molecule has 0 aromatic heterocycles. The molecule has 10 nitrogen and oxygen atoms in total. The summed E-state index contributed by atoms with van der Waals surface area (Å²) in [6.07, 6.45) is -0.753. The molecule has 1 saturated heterocycles. The van der Waals surface area contributed by atoms with Crippen LogP contribution in [0, 0.1) is 0 Å². The van der Waals surface area contributed by atoms with E-state index in [4.69, 9.17) is 54.2 Å². The first kappa shape index (κ1) is 33.2. The molecule has 0 bridgehead atoms. The van der Waals surface area contributed by atoms with E-state index in [1.807, 2.05) is 49.4 Å². The second-order valence-electron chi connectivity index (χ2n) is 9.01. The lowest BCUT2D eigenvalue weighted by atomic mass is 10.1. The van der Waals surface area contributed by atoms with Crippen LogP contribution in [0.25, 0.3) is 0 Å². The van der Waals surface area contributed by atoms with Gasteiger partial charge in [0, 0.05) is 5.56 Å². The van der Waals surface area contributed by atoms with Crippen LogP contribution >= 0.6 is 11.6 Å². The minimum Gasteiger partial charge on any atom is -0.491 e. The average Bonchev–Trinajstić information content (AvgIpc) is 3.01. The van der Waals surface area contributed by atoms with Gasteiger partial charge in [0.15, 0.2) is 11.7 Å². The van der Waals surface area contributed by atoms with Gasteiger partial charge in [-0.05, 0) is 18.6 Å². The molecule has 228 valence electrons. The van der Waals surface area contributed by atoms with Gasteiger partial charge in [0.2, 0.25) is 0 Å². The fourth-order valence-corrected chi connectivity index (χ4v) is 3.90. The van der Waals surface area contributed by atoms with Crippen molar-refractivity contribution >= 4 is 17.6 Å². The zero-order valence-electron chi connectivity index (χ0n) is 23.6. The molecule has 3 unspecified atom stereocenters. The molecule has 3 rings (SSSR count). The number of hydrogen-bond acceptors (Lipinski definition) is 10. The number of rotatable bonds is 12. The van der Waals surface area contributed by atoms with Gasteiger partial charge in [0.05, 0.1) is 72.7 Å². The van der Waals surface area contributed by atoms with E-state index in [1.165, 1.54) is 0 Å². The first-order valence-electron chi connectivity index (χ1n) is 13.9. The fraction of sp³-hybridized carbons (Fsp3) is 0.567. The Bertz CT molecular complexity index is 947. The van der Waals surface area contributed by atoms with Gasteiger partial charge in [0.25, 0.3) is 0 Å². The molecule has 0 aliphatic carbocycles. The Morgan fingerprint density at radius 3 is 2.20 bits per heavy atom. The van der Waals surface area contributed by atoms with Crippen LogP contribution in [0.2, 0.25) is 0 Å². The van der Waals surface area contributed by atoms with Gasteiger partial charge < -0.3 is 42.6 Å². The first-order valence-corrected chi connectivity index (χ1v) is 14.3. The number of hydrogen-bond donors (Lipinski definition) is 0. The molecule has 0 N–H and O–H groups in total. The molecule has 11 heteroatoms. The number of para-hydroxylation sites is 1. The van der Waals surface area contributed by atoms with Crippen LogP contribution < -0.4 is 4.74 Å². The summed E-state index contributed by atoms with van der Waals surface area (Å²) in [4.78, 5) is 12.4. The largest absolute Gasteiger partial charge is 0.491 e. The Hall–Kier alpha value is -2.28. The lowest BCUT2D eigenvalue weighted by molar-refractivity contribution is -0.165. The highest BCUT2D eigenvalue weighted by Crippen LogP contribution is 2.24. The quantitative estimate of drug-likeness (QED) is 0.155. The third kappa shape index (κ3) is 14.0.